The van der Waals surface area contributed by atoms with Crippen LogP contribution in [0.3, 0.4) is 0 Å². The molecule has 0 radical (unpaired) electrons. The summed E-state index contributed by atoms with van der Waals surface area (Å²) in [5.41, 5.74) is 2.22. The second-order valence-electron chi connectivity index (χ2n) is 4.71. The topological polar surface area (TPSA) is 36.7 Å². The van der Waals surface area contributed by atoms with E-state index in [-0.39, 0.29) is 0 Å². The molecule has 0 atom stereocenters. The van der Waals surface area contributed by atoms with Gasteiger partial charge >= 0.3 is 0 Å². The third-order valence-corrected chi connectivity index (χ3v) is 3.63. The van der Waals surface area contributed by atoms with E-state index >= 15 is 0 Å². The molecule has 0 fully saturated rings. The summed E-state index contributed by atoms with van der Waals surface area (Å²) in [4.78, 5) is 4.20. The molecular weight excluding hydrogens is 356 g/mol. The second-order valence-corrected chi connectivity index (χ2v) is 6.37. The lowest BCUT2D eigenvalue weighted by Gasteiger charge is -2.05. The fraction of sp³-hybridized carbons (Fsp3) is 0.571. The minimum Gasteiger partial charge on any atom is -0.303 e. The summed E-state index contributed by atoms with van der Waals surface area (Å²) >= 11 is 6.68. The molecule has 0 bridgehead atoms. The van der Waals surface area contributed by atoms with E-state index in [0.29, 0.717) is 5.71 Å². The van der Waals surface area contributed by atoms with Crippen LogP contribution in [-0.2, 0) is 0 Å². The molecule has 0 saturated carbocycles. The highest BCUT2D eigenvalue weighted by molar-refractivity contribution is 9.11. The first-order valence-corrected chi connectivity index (χ1v) is 7.76. The van der Waals surface area contributed by atoms with Crippen LogP contribution in [0.15, 0.2) is 15.1 Å². The molecule has 1 aromatic rings. The van der Waals surface area contributed by atoms with Crippen LogP contribution in [-0.4, -0.2) is 10.7 Å². The summed E-state index contributed by atoms with van der Waals surface area (Å²) in [6, 6.07) is 1.88. The van der Waals surface area contributed by atoms with E-state index in [4.69, 9.17) is 5.41 Å². The molecule has 0 saturated heterocycles. The maximum atomic E-state index is 7.47. The summed E-state index contributed by atoms with van der Waals surface area (Å²) in [7, 11) is 0. The van der Waals surface area contributed by atoms with Gasteiger partial charge in [-0.05, 0) is 47.3 Å². The zero-order chi connectivity index (χ0) is 14.3. The van der Waals surface area contributed by atoms with Crippen molar-refractivity contribution in [3.63, 3.8) is 0 Å². The van der Waals surface area contributed by atoms with E-state index in [9.17, 15) is 0 Å². The Morgan fingerprint density at radius 1 is 1.39 bits per heavy atom. The summed E-state index contributed by atoms with van der Waals surface area (Å²) in [5, 5.41) is 7.47. The molecule has 18 heavy (non-hydrogen) atoms. The molecule has 0 spiro atoms. The fourth-order valence-electron chi connectivity index (χ4n) is 1.49. The van der Waals surface area contributed by atoms with Crippen molar-refractivity contribution in [2.45, 2.75) is 47.5 Å². The van der Waals surface area contributed by atoms with Gasteiger partial charge in [0.15, 0.2) is 0 Å². The number of nitrogens with zero attached hydrogens (tertiary/aromatic N) is 1. The van der Waals surface area contributed by atoms with Crippen molar-refractivity contribution in [2.24, 2.45) is 5.92 Å². The Labute approximate surface area is 127 Å². The Morgan fingerprint density at radius 2 is 1.94 bits per heavy atom. The molecule has 0 unspecified atom stereocenters. The van der Waals surface area contributed by atoms with E-state index in [1.54, 1.807) is 6.92 Å². The van der Waals surface area contributed by atoms with Crippen molar-refractivity contribution in [1.82, 2.24) is 4.98 Å². The van der Waals surface area contributed by atoms with Crippen LogP contribution in [0, 0.1) is 18.3 Å². The predicted molar refractivity (Wildman–Crippen MR) is 86.6 cm³/mol. The summed E-state index contributed by atoms with van der Waals surface area (Å²) in [6.45, 7) is 10.4. The molecular formula is C14H22Br2N2. The van der Waals surface area contributed by atoms with Gasteiger partial charge in [0.2, 0.25) is 0 Å². The van der Waals surface area contributed by atoms with Gasteiger partial charge < -0.3 is 5.41 Å². The molecule has 1 N–H and O–H groups in total. The zero-order valence-electron chi connectivity index (χ0n) is 11.8. The largest absolute Gasteiger partial charge is 0.303 e. The van der Waals surface area contributed by atoms with Gasteiger partial charge in [-0.2, -0.15) is 0 Å². The van der Waals surface area contributed by atoms with Gasteiger partial charge in [-0.15, -0.1) is 0 Å². The average Bonchev–Trinajstić information content (AvgIpc) is 2.23. The van der Waals surface area contributed by atoms with Crippen LogP contribution < -0.4 is 0 Å². The van der Waals surface area contributed by atoms with E-state index in [1.807, 2.05) is 13.0 Å². The molecule has 0 aliphatic heterocycles. The molecule has 1 aromatic heterocycles. The van der Waals surface area contributed by atoms with Crippen molar-refractivity contribution in [3.05, 3.63) is 26.4 Å². The highest BCUT2D eigenvalue weighted by Crippen LogP contribution is 2.22. The Morgan fingerprint density at radius 3 is 2.28 bits per heavy atom. The van der Waals surface area contributed by atoms with E-state index in [2.05, 4.69) is 57.6 Å². The van der Waals surface area contributed by atoms with Crippen molar-refractivity contribution in [1.29, 1.82) is 5.41 Å². The average molecular weight is 378 g/mol. The number of nitrogens with one attached hydrogen (secondary N) is 1. The number of aromatic nitrogens is 1. The molecule has 102 valence electrons. The van der Waals surface area contributed by atoms with Crippen molar-refractivity contribution >= 4 is 37.6 Å². The monoisotopic (exact) mass is 376 g/mol. The Kier molecular flexibility index (Phi) is 8.70. The standard InChI is InChI=1S/C8H8Br2N2.C6H14/c1-4-6(9)3-7(10)12-8(4)5(2)11;1-4-5-6(2)3/h3,11H,1-2H3;6H,4-5H2,1-3H3. The zero-order valence-corrected chi connectivity index (χ0v) is 14.9. The van der Waals surface area contributed by atoms with Crippen molar-refractivity contribution in [3.8, 4) is 0 Å². The van der Waals surface area contributed by atoms with E-state index in [1.165, 1.54) is 12.8 Å². The Bertz CT molecular complexity index is 401. The van der Waals surface area contributed by atoms with Gasteiger partial charge in [0.1, 0.15) is 4.60 Å². The smallest absolute Gasteiger partial charge is 0.108 e. The molecule has 0 aliphatic rings. The van der Waals surface area contributed by atoms with Crippen LogP contribution in [0.1, 0.15) is 51.8 Å². The number of rotatable bonds is 3. The van der Waals surface area contributed by atoms with Gasteiger partial charge in [0.05, 0.1) is 11.4 Å². The molecule has 0 aromatic carbocycles. The van der Waals surface area contributed by atoms with E-state index < -0.39 is 0 Å². The minimum atomic E-state index is 0.481. The molecule has 1 heterocycles. The SMILES string of the molecule is CC(=N)c1nc(Br)cc(Br)c1C.CCCC(C)C. The minimum absolute atomic E-state index is 0.481. The Hall–Kier alpha value is -0.220. The number of hydrogen-bond acceptors (Lipinski definition) is 2. The third kappa shape index (κ3) is 6.64. The lowest BCUT2D eigenvalue weighted by molar-refractivity contribution is 0.576. The first-order chi connectivity index (χ1) is 8.29. The van der Waals surface area contributed by atoms with Crippen molar-refractivity contribution < 1.29 is 0 Å². The van der Waals surface area contributed by atoms with Gasteiger partial charge in [-0.1, -0.05) is 49.5 Å². The van der Waals surface area contributed by atoms with Crippen LogP contribution in [0.25, 0.3) is 0 Å². The third-order valence-electron chi connectivity index (χ3n) is 2.40. The number of halogens is 2. The van der Waals surface area contributed by atoms with Crippen LogP contribution in [0.4, 0.5) is 0 Å². The van der Waals surface area contributed by atoms with Crippen LogP contribution in [0.2, 0.25) is 0 Å². The van der Waals surface area contributed by atoms with Gasteiger partial charge in [0, 0.05) is 4.47 Å². The lowest BCUT2D eigenvalue weighted by Crippen LogP contribution is -2.01. The fourth-order valence-corrected chi connectivity index (χ4v) is 2.61. The Balaban J connectivity index is 0.000000411. The summed E-state index contributed by atoms with van der Waals surface area (Å²) in [6.07, 6.45) is 2.71. The number of hydrogen-bond donors (Lipinski definition) is 1. The van der Waals surface area contributed by atoms with Gasteiger partial charge in [-0.3, -0.25) is 0 Å². The molecule has 4 heteroatoms. The molecule has 0 amide bonds. The van der Waals surface area contributed by atoms with Crippen molar-refractivity contribution in [2.75, 3.05) is 0 Å². The quantitative estimate of drug-likeness (QED) is 0.528. The molecule has 0 aliphatic carbocycles. The summed E-state index contributed by atoms with van der Waals surface area (Å²) in [5.74, 6) is 0.898. The number of pyridine rings is 1. The molecule has 1 rings (SSSR count). The first kappa shape index (κ1) is 17.8. The highest BCUT2D eigenvalue weighted by atomic mass is 79.9. The lowest BCUT2D eigenvalue weighted by atomic mass is 10.1. The predicted octanol–water partition coefficient (Wildman–Crippen LogP) is 5.75. The van der Waals surface area contributed by atoms with Gasteiger partial charge in [-0.25, -0.2) is 4.98 Å². The maximum Gasteiger partial charge on any atom is 0.108 e. The van der Waals surface area contributed by atoms with Gasteiger partial charge in [0.25, 0.3) is 0 Å². The normalized spacial score (nSPS) is 10.0. The second kappa shape index (κ2) is 8.81. The summed E-state index contributed by atoms with van der Waals surface area (Å²) < 4.78 is 1.73. The van der Waals surface area contributed by atoms with Crippen LogP contribution >= 0.6 is 31.9 Å². The molecule has 2 nitrogen and oxygen atoms in total. The maximum absolute atomic E-state index is 7.47. The highest BCUT2D eigenvalue weighted by Gasteiger charge is 2.07. The van der Waals surface area contributed by atoms with Crippen LogP contribution in [0.5, 0.6) is 0 Å². The first-order valence-electron chi connectivity index (χ1n) is 6.17. The van der Waals surface area contributed by atoms with E-state index in [0.717, 1.165) is 26.3 Å².